The molecule has 3 heterocycles. The number of hydrogen-bond acceptors (Lipinski definition) is 11. The molecule has 2 aliphatic rings. The van der Waals surface area contributed by atoms with E-state index in [2.05, 4.69) is 15.6 Å². The van der Waals surface area contributed by atoms with Crippen molar-refractivity contribution in [2.24, 2.45) is 0 Å². The number of β-amino-alcohol motifs (C(OH)–C–C–N with tert-alkyl or cyclic N) is 1. The van der Waals surface area contributed by atoms with Crippen molar-refractivity contribution < 1.29 is 47.3 Å². The summed E-state index contributed by atoms with van der Waals surface area (Å²) in [4.78, 5) is 54.8. The van der Waals surface area contributed by atoms with Crippen LogP contribution in [0, 0.1) is 0 Å². The van der Waals surface area contributed by atoms with Gasteiger partial charge in [-0.15, -0.1) is 0 Å². The second-order valence-corrected chi connectivity index (χ2v) is 9.08. The summed E-state index contributed by atoms with van der Waals surface area (Å²) < 4.78 is 48.1. The molecule has 3 rings (SSSR count). The molecule has 1 saturated heterocycles. The Labute approximate surface area is 232 Å². The van der Waals surface area contributed by atoms with E-state index in [-0.39, 0.29) is 37.3 Å². The number of aromatic nitrogens is 2. The normalized spacial score (nSPS) is 27.7. The zero-order chi connectivity index (χ0) is 31.0. The van der Waals surface area contributed by atoms with E-state index in [1.807, 2.05) is 0 Å². The monoisotopic (exact) mass is 555 g/mol. The predicted molar refractivity (Wildman–Crippen MR) is 137 cm³/mol. The number of aliphatic hydroxyl groups is 1. The second kappa shape index (κ2) is 14.8. The minimum absolute atomic E-state index is 0.0677. The van der Waals surface area contributed by atoms with Gasteiger partial charge in [0.25, 0.3) is 5.91 Å². The van der Waals surface area contributed by atoms with Crippen molar-refractivity contribution in [2.45, 2.75) is 109 Å². The summed E-state index contributed by atoms with van der Waals surface area (Å²) in [6.45, 7) is 4.78. The molecule has 0 bridgehead atoms. The molecule has 1 amide bonds. The van der Waals surface area contributed by atoms with Gasteiger partial charge in [0.2, 0.25) is 0 Å². The molecular formula is C26H40N4O9. The van der Waals surface area contributed by atoms with E-state index >= 15 is 0 Å². The fourth-order valence-corrected chi connectivity index (χ4v) is 4.11. The molecule has 13 nitrogen and oxygen atoms in total. The van der Waals surface area contributed by atoms with E-state index < -0.39 is 80.4 Å². The lowest BCUT2D eigenvalue weighted by Crippen LogP contribution is -2.41. The first-order valence-electron chi connectivity index (χ1n) is 15.0. The van der Waals surface area contributed by atoms with Gasteiger partial charge in [-0.3, -0.25) is 23.7 Å². The summed E-state index contributed by atoms with van der Waals surface area (Å²) in [5.41, 5.74) is -0.0677. The van der Waals surface area contributed by atoms with Gasteiger partial charge in [-0.1, -0.05) is 40.0 Å². The lowest BCUT2D eigenvalue weighted by Gasteiger charge is -2.25. The van der Waals surface area contributed by atoms with Crippen LogP contribution in [0.3, 0.4) is 0 Å². The van der Waals surface area contributed by atoms with E-state index in [1.54, 1.807) is 20.8 Å². The summed E-state index contributed by atoms with van der Waals surface area (Å²) in [7, 11) is 0. The zero-order valence-corrected chi connectivity index (χ0v) is 22.5. The minimum Gasteiger partial charge on any atom is -0.463 e. The third-order valence-corrected chi connectivity index (χ3v) is 6.07. The standard InChI is InChI=1S/C26H40N4O9/c1-4-7-10-18(32)36-14-16-22(38-19(33)11-8-5-2)23(39-20(34)12-9-6-3)26(37-16)30-15-28-21-24(30)27-13-17(31)29-25(21)35/h15-17,22-23,26-27,31H,4-14H2,1-3H3,(H,29,35)/t16-,17?,22-,23-,26?/m1/s1/i7D,8D,9D/t7?,8?,9?,16-,17?,22-,23-,26?. The highest BCUT2D eigenvalue weighted by atomic mass is 16.7. The molecule has 39 heavy (non-hydrogen) atoms. The van der Waals surface area contributed by atoms with Gasteiger partial charge in [-0.2, -0.15) is 0 Å². The molecule has 0 radical (unpaired) electrons. The molecule has 5 unspecified atom stereocenters. The SMILES string of the molecule is [2H]C(CC)CC(=O)OC[C@H]1OC(n2cnc3c2NCC(O)NC3=O)[C@H](OC(=O)CC([2H])CC)[C@@H]1OC(=O)CC([2H])CC. The first kappa shape index (κ1) is 26.1. The molecule has 3 N–H and O–H groups in total. The first-order chi connectivity index (χ1) is 20.0. The number of amides is 1. The van der Waals surface area contributed by atoms with Crippen LogP contribution >= 0.6 is 0 Å². The molecular weight excluding hydrogens is 512 g/mol. The number of ether oxygens (including phenoxy) is 4. The van der Waals surface area contributed by atoms with Crippen LogP contribution in [0.2, 0.25) is 0 Å². The van der Waals surface area contributed by atoms with Gasteiger partial charge in [0.05, 0.1) is 12.9 Å². The highest BCUT2D eigenvalue weighted by molar-refractivity contribution is 5.97. The van der Waals surface area contributed by atoms with Gasteiger partial charge < -0.3 is 34.7 Å². The number of nitrogens with zero attached hydrogens (tertiary/aromatic N) is 2. The van der Waals surface area contributed by atoms with Crippen molar-refractivity contribution in [3.63, 3.8) is 0 Å². The van der Waals surface area contributed by atoms with Crippen LogP contribution in [0.5, 0.6) is 0 Å². The largest absolute Gasteiger partial charge is 0.463 e. The third kappa shape index (κ3) is 8.15. The highest BCUT2D eigenvalue weighted by Crippen LogP contribution is 2.37. The van der Waals surface area contributed by atoms with Crippen LogP contribution in [0.25, 0.3) is 0 Å². The maximum Gasteiger partial charge on any atom is 0.306 e. The van der Waals surface area contributed by atoms with Crippen molar-refractivity contribution in [1.82, 2.24) is 14.9 Å². The molecule has 0 aromatic carbocycles. The van der Waals surface area contributed by atoms with Gasteiger partial charge in [-0.25, -0.2) is 4.98 Å². The number of imidazole rings is 1. The van der Waals surface area contributed by atoms with E-state index in [9.17, 15) is 24.3 Å². The van der Waals surface area contributed by atoms with Crippen molar-refractivity contribution in [1.29, 1.82) is 0 Å². The fraction of sp³-hybridized carbons (Fsp3) is 0.731. The van der Waals surface area contributed by atoms with E-state index in [1.165, 1.54) is 10.9 Å². The molecule has 0 aliphatic carbocycles. The van der Waals surface area contributed by atoms with E-state index in [4.69, 9.17) is 23.1 Å². The van der Waals surface area contributed by atoms with Crippen molar-refractivity contribution in [3.8, 4) is 0 Å². The lowest BCUT2D eigenvalue weighted by atomic mass is 10.1. The Hall–Kier alpha value is -3.19. The Kier molecular flexibility index (Phi) is 9.90. The summed E-state index contributed by atoms with van der Waals surface area (Å²) in [6.07, 6.45) is -6.49. The van der Waals surface area contributed by atoms with Crippen LogP contribution in [0.1, 0.15) is 99.3 Å². The quantitative estimate of drug-likeness (QED) is 0.227. The summed E-state index contributed by atoms with van der Waals surface area (Å²) >= 11 is 0. The zero-order valence-electron chi connectivity index (χ0n) is 25.5. The van der Waals surface area contributed by atoms with Crippen molar-refractivity contribution >= 4 is 29.6 Å². The summed E-state index contributed by atoms with van der Waals surface area (Å²) in [6, 6.07) is 0. The average Bonchev–Trinajstić information content (AvgIpc) is 3.47. The second-order valence-electron chi connectivity index (χ2n) is 9.08. The molecule has 0 saturated carbocycles. The minimum atomic E-state index is -1.32. The first-order valence-corrected chi connectivity index (χ1v) is 13.2. The van der Waals surface area contributed by atoms with Gasteiger partial charge in [-0.05, 0) is 19.2 Å². The predicted octanol–water partition coefficient (Wildman–Crippen LogP) is 2.19. The molecule has 2 aliphatic heterocycles. The van der Waals surface area contributed by atoms with E-state index in [0.29, 0.717) is 19.3 Å². The summed E-state index contributed by atoms with van der Waals surface area (Å²) in [5.74, 6) is -2.69. The number of esters is 3. The summed E-state index contributed by atoms with van der Waals surface area (Å²) in [5, 5.41) is 15.2. The topological polar surface area (TPSA) is 167 Å². The van der Waals surface area contributed by atoms with Gasteiger partial charge in [0.15, 0.2) is 24.1 Å². The fourth-order valence-electron chi connectivity index (χ4n) is 4.11. The number of fused-ring (bicyclic) bond motifs is 1. The smallest absolute Gasteiger partial charge is 0.306 e. The number of hydrogen-bond donors (Lipinski definition) is 3. The maximum atomic E-state index is 12.9. The Balaban J connectivity index is 1.97. The Bertz CT molecular complexity index is 1110. The van der Waals surface area contributed by atoms with Gasteiger partial charge >= 0.3 is 17.9 Å². The molecule has 1 aromatic heterocycles. The Morgan fingerprint density at radius 3 is 2.26 bits per heavy atom. The molecule has 13 heteroatoms. The average molecular weight is 556 g/mol. The van der Waals surface area contributed by atoms with Crippen LogP contribution < -0.4 is 10.6 Å². The van der Waals surface area contributed by atoms with E-state index in [0.717, 1.165) is 0 Å². The van der Waals surface area contributed by atoms with Gasteiger partial charge in [0.1, 0.15) is 24.8 Å². The number of aliphatic hydroxyl groups excluding tert-OH is 1. The number of nitrogens with one attached hydrogen (secondary N) is 2. The number of carbonyl (C=O) groups is 4. The Morgan fingerprint density at radius 1 is 1.05 bits per heavy atom. The number of carbonyl (C=O) groups excluding carboxylic acids is 4. The van der Waals surface area contributed by atoms with Crippen LogP contribution in [0.4, 0.5) is 5.82 Å². The lowest BCUT2D eigenvalue weighted by molar-refractivity contribution is -0.169. The number of anilines is 1. The van der Waals surface area contributed by atoms with Crippen LogP contribution in [-0.4, -0.2) is 76.2 Å². The molecule has 1 aromatic rings. The molecule has 1 fully saturated rings. The van der Waals surface area contributed by atoms with Gasteiger partial charge in [0, 0.05) is 23.4 Å². The third-order valence-electron chi connectivity index (χ3n) is 6.07. The maximum absolute atomic E-state index is 12.9. The Morgan fingerprint density at radius 2 is 1.64 bits per heavy atom. The molecule has 0 spiro atoms. The van der Waals surface area contributed by atoms with Crippen molar-refractivity contribution in [2.75, 3.05) is 18.5 Å². The van der Waals surface area contributed by atoms with Crippen molar-refractivity contribution in [3.05, 3.63) is 12.0 Å². The highest BCUT2D eigenvalue weighted by Gasteiger charge is 2.52. The van der Waals surface area contributed by atoms with Crippen LogP contribution in [-0.2, 0) is 33.3 Å². The number of rotatable bonds is 14. The molecule has 8 atom stereocenters. The van der Waals surface area contributed by atoms with Crippen LogP contribution in [0.15, 0.2) is 6.33 Å². The molecule has 218 valence electrons.